The highest BCUT2D eigenvalue weighted by atomic mass is 35.5. The second-order valence-corrected chi connectivity index (χ2v) is 4.93. The van der Waals surface area contributed by atoms with E-state index in [2.05, 4.69) is 10.3 Å². The molecule has 1 N–H and O–H groups in total. The summed E-state index contributed by atoms with van der Waals surface area (Å²) in [7, 11) is 1.63. The molecule has 1 fully saturated rings. The van der Waals surface area contributed by atoms with E-state index in [0.29, 0.717) is 11.8 Å². The minimum Gasteiger partial charge on any atom is -0.481 e. The lowest BCUT2D eigenvalue weighted by Gasteiger charge is -2.36. The summed E-state index contributed by atoms with van der Waals surface area (Å²) in [4.78, 5) is 4.39. The summed E-state index contributed by atoms with van der Waals surface area (Å²) in [6.45, 7) is 0. The first-order chi connectivity index (χ1) is 8.28. The smallest absolute Gasteiger partial charge is 0.214 e. The van der Waals surface area contributed by atoms with Gasteiger partial charge in [0.25, 0.3) is 0 Å². The van der Waals surface area contributed by atoms with Gasteiger partial charge in [0.15, 0.2) is 0 Å². The first-order valence-corrected chi connectivity index (χ1v) is 6.67. The lowest BCUT2D eigenvalue weighted by atomic mass is 9.83. The summed E-state index contributed by atoms with van der Waals surface area (Å²) in [5, 5.41) is 3.50. The Morgan fingerprint density at radius 2 is 2.12 bits per heavy atom. The van der Waals surface area contributed by atoms with E-state index in [9.17, 15) is 0 Å². The van der Waals surface area contributed by atoms with Gasteiger partial charge in [0.05, 0.1) is 12.6 Å². The van der Waals surface area contributed by atoms with Crippen LogP contribution in [0.5, 0.6) is 5.88 Å². The van der Waals surface area contributed by atoms with Crippen LogP contribution in [0.1, 0.15) is 32.1 Å². The van der Waals surface area contributed by atoms with Gasteiger partial charge in [0, 0.05) is 11.9 Å². The number of ether oxygens (including phenoxy) is 1. The van der Waals surface area contributed by atoms with Crippen LogP contribution in [-0.4, -0.2) is 23.5 Å². The highest BCUT2D eigenvalue weighted by Gasteiger charge is 2.31. The van der Waals surface area contributed by atoms with E-state index < -0.39 is 0 Å². The van der Waals surface area contributed by atoms with Gasteiger partial charge in [-0.1, -0.05) is 25.3 Å². The summed E-state index contributed by atoms with van der Waals surface area (Å²) in [6, 6.07) is 5.75. The Balaban J connectivity index is 2.11. The Labute approximate surface area is 108 Å². The van der Waals surface area contributed by atoms with E-state index in [1.807, 2.05) is 18.2 Å². The van der Waals surface area contributed by atoms with E-state index >= 15 is 0 Å². The molecule has 0 radical (unpaired) electrons. The van der Waals surface area contributed by atoms with Gasteiger partial charge in [-0.2, -0.15) is 4.98 Å². The molecule has 1 aromatic rings. The molecule has 0 saturated heterocycles. The van der Waals surface area contributed by atoms with Crippen LogP contribution >= 0.6 is 11.6 Å². The number of hydrogen-bond donors (Lipinski definition) is 1. The second kappa shape index (κ2) is 5.58. The van der Waals surface area contributed by atoms with Gasteiger partial charge < -0.3 is 10.1 Å². The zero-order valence-corrected chi connectivity index (χ0v) is 11.0. The fourth-order valence-electron chi connectivity index (χ4n) is 2.39. The third kappa shape index (κ3) is 3.03. The Hall–Kier alpha value is -0.960. The highest BCUT2D eigenvalue weighted by Crippen LogP contribution is 2.32. The predicted molar refractivity (Wildman–Crippen MR) is 70.9 cm³/mol. The lowest BCUT2D eigenvalue weighted by molar-refractivity contribution is 0.351. The van der Waals surface area contributed by atoms with Crippen molar-refractivity contribution in [3.63, 3.8) is 0 Å². The minimum atomic E-state index is 0.0131. The molecule has 1 saturated carbocycles. The predicted octanol–water partition coefficient (Wildman–Crippen LogP) is 3.44. The van der Waals surface area contributed by atoms with Crippen molar-refractivity contribution in [2.75, 3.05) is 18.3 Å². The van der Waals surface area contributed by atoms with Gasteiger partial charge in [0.2, 0.25) is 5.88 Å². The molecule has 1 aliphatic carbocycles. The van der Waals surface area contributed by atoms with Gasteiger partial charge in [-0.25, -0.2) is 0 Å². The molecule has 0 spiro atoms. The Kier molecular flexibility index (Phi) is 4.11. The molecule has 0 aliphatic heterocycles. The monoisotopic (exact) mass is 254 g/mol. The maximum absolute atomic E-state index is 6.14. The van der Waals surface area contributed by atoms with E-state index in [4.69, 9.17) is 16.3 Å². The molecule has 0 aromatic carbocycles. The molecular formula is C13H19ClN2O. The number of nitrogens with one attached hydrogen (secondary N) is 1. The maximum Gasteiger partial charge on any atom is 0.214 e. The molecule has 1 heterocycles. The second-order valence-electron chi connectivity index (χ2n) is 4.66. The first kappa shape index (κ1) is 12.5. The molecule has 3 nitrogen and oxygen atoms in total. The summed E-state index contributed by atoms with van der Waals surface area (Å²) >= 11 is 6.14. The van der Waals surface area contributed by atoms with Gasteiger partial charge in [0.1, 0.15) is 5.82 Å². The van der Waals surface area contributed by atoms with Crippen LogP contribution in [-0.2, 0) is 0 Å². The average molecular weight is 255 g/mol. The lowest BCUT2D eigenvalue weighted by Crippen LogP contribution is -2.42. The Morgan fingerprint density at radius 1 is 1.35 bits per heavy atom. The van der Waals surface area contributed by atoms with Crippen molar-refractivity contribution in [3.8, 4) is 5.88 Å². The molecule has 94 valence electrons. The number of rotatable bonds is 4. The number of nitrogens with zero attached hydrogens (tertiary/aromatic N) is 1. The van der Waals surface area contributed by atoms with Crippen molar-refractivity contribution in [3.05, 3.63) is 18.2 Å². The molecule has 17 heavy (non-hydrogen) atoms. The number of aromatic nitrogens is 1. The standard InChI is InChI=1S/C13H19ClN2O/c1-17-12-7-5-6-11(15-12)16-13(10-14)8-3-2-4-9-13/h5-7H,2-4,8-10H2,1H3,(H,15,16). The fourth-order valence-corrected chi connectivity index (χ4v) is 2.72. The van der Waals surface area contributed by atoms with Crippen molar-refractivity contribution < 1.29 is 4.74 Å². The summed E-state index contributed by atoms with van der Waals surface area (Å²) in [5.41, 5.74) is 0.0131. The molecule has 0 bridgehead atoms. The maximum atomic E-state index is 6.14. The van der Waals surface area contributed by atoms with Crippen LogP contribution in [0.4, 0.5) is 5.82 Å². The number of hydrogen-bond acceptors (Lipinski definition) is 3. The number of pyridine rings is 1. The van der Waals surface area contributed by atoms with Crippen LogP contribution < -0.4 is 10.1 Å². The van der Waals surface area contributed by atoms with Crippen LogP contribution in [0, 0.1) is 0 Å². The first-order valence-electron chi connectivity index (χ1n) is 6.13. The number of alkyl halides is 1. The van der Waals surface area contributed by atoms with Gasteiger partial charge in [-0.15, -0.1) is 11.6 Å². The third-order valence-corrected chi connectivity index (χ3v) is 3.90. The van der Waals surface area contributed by atoms with Crippen molar-refractivity contribution in [2.24, 2.45) is 0 Å². The van der Waals surface area contributed by atoms with Crippen LogP contribution in [0.2, 0.25) is 0 Å². The molecule has 0 amide bonds. The quantitative estimate of drug-likeness (QED) is 0.836. The van der Waals surface area contributed by atoms with Gasteiger partial charge in [-0.05, 0) is 18.9 Å². The van der Waals surface area contributed by atoms with Crippen LogP contribution in [0.15, 0.2) is 18.2 Å². The van der Waals surface area contributed by atoms with Crippen LogP contribution in [0.25, 0.3) is 0 Å². The summed E-state index contributed by atoms with van der Waals surface area (Å²) in [6.07, 6.45) is 6.03. The van der Waals surface area contributed by atoms with Crippen molar-refractivity contribution in [1.29, 1.82) is 0 Å². The van der Waals surface area contributed by atoms with Crippen molar-refractivity contribution in [1.82, 2.24) is 4.98 Å². The molecule has 0 unspecified atom stereocenters. The van der Waals surface area contributed by atoms with E-state index in [1.54, 1.807) is 7.11 Å². The van der Waals surface area contributed by atoms with Crippen molar-refractivity contribution >= 4 is 17.4 Å². The van der Waals surface area contributed by atoms with Gasteiger partial charge in [-0.3, -0.25) is 0 Å². The zero-order chi connectivity index (χ0) is 12.1. The van der Waals surface area contributed by atoms with E-state index in [1.165, 1.54) is 19.3 Å². The third-order valence-electron chi connectivity index (χ3n) is 3.39. The zero-order valence-electron chi connectivity index (χ0n) is 10.2. The Bertz CT molecular complexity index is 364. The highest BCUT2D eigenvalue weighted by molar-refractivity contribution is 6.18. The molecule has 0 atom stereocenters. The summed E-state index contributed by atoms with van der Waals surface area (Å²) < 4.78 is 5.13. The minimum absolute atomic E-state index is 0.0131. The van der Waals surface area contributed by atoms with E-state index in [0.717, 1.165) is 18.7 Å². The molecule has 1 aliphatic rings. The van der Waals surface area contributed by atoms with Crippen LogP contribution in [0.3, 0.4) is 0 Å². The molecule has 2 rings (SSSR count). The Morgan fingerprint density at radius 3 is 2.76 bits per heavy atom. The number of anilines is 1. The van der Waals surface area contributed by atoms with Gasteiger partial charge >= 0.3 is 0 Å². The largest absolute Gasteiger partial charge is 0.481 e. The molecule has 4 heteroatoms. The van der Waals surface area contributed by atoms with Crippen molar-refractivity contribution in [2.45, 2.75) is 37.6 Å². The fraction of sp³-hybridized carbons (Fsp3) is 0.615. The number of methoxy groups -OCH3 is 1. The normalized spacial score (nSPS) is 18.7. The van der Waals surface area contributed by atoms with E-state index in [-0.39, 0.29) is 5.54 Å². The number of halogens is 1. The SMILES string of the molecule is COc1cccc(NC2(CCl)CCCCC2)n1. The molecule has 1 aromatic heterocycles. The average Bonchev–Trinajstić information content (AvgIpc) is 2.40. The topological polar surface area (TPSA) is 34.1 Å². The molecular weight excluding hydrogens is 236 g/mol. The summed E-state index contributed by atoms with van der Waals surface area (Å²) in [5.74, 6) is 2.12.